The highest BCUT2D eigenvalue weighted by Crippen LogP contribution is 2.22. The van der Waals surface area contributed by atoms with E-state index in [2.05, 4.69) is 0 Å². The first kappa shape index (κ1) is 17.3. The fourth-order valence-corrected chi connectivity index (χ4v) is 2.61. The summed E-state index contributed by atoms with van der Waals surface area (Å²) in [6.07, 6.45) is 0. The average molecular weight is 274 g/mol. The van der Waals surface area contributed by atoms with Crippen LogP contribution in [0.4, 0.5) is 0 Å². The number of aliphatic carboxylic acids is 2. The summed E-state index contributed by atoms with van der Waals surface area (Å²) in [4.78, 5) is 20.5. The van der Waals surface area contributed by atoms with Gasteiger partial charge < -0.3 is 21.7 Å². The Labute approximate surface area is 102 Å². The monoisotopic (exact) mass is 274 g/mol. The molecule has 0 fully saturated rings. The molecule has 0 spiro atoms. The number of hydrogen-bond acceptors (Lipinski definition) is 6. The van der Waals surface area contributed by atoms with Gasteiger partial charge in [-0.25, -0.2) is 0 Å². The average Bonchev–Trinajstić information content (AvgIpc) is 2.11. The summed E-state index contributed by atoms with van der Waals surface area (Å²) >= 11 is 0. The van der Waals surface area contributed by atoms with Gasteiger partial charge in [0, 0.05) is 11.5 Å². The molecule has 0 aromatic heterocycles. The standard InChI is InChI=1S/C6H12N2O4S2.H2S/c7-3(5(9)10)1-13-14-2-4(8)6(11)12;/h3-4H,1-2,7-8H2,(H,9,10)(H,11,12);1H2. The number of carboxylic acids is 2. The molecule has 0 aromatic rings. The highest BCUT2D eigenvalue weighted by atomic mass is 33.1. The van der Waals surface area contributed by atoms with Crippen molar-refractivity contribution >= 4 is 47.0 Å². The first-order chi connectivity index (χ1) is 6.45. The topological polar surface area (TPSA) is 127 Å². The lowest BCUT2D eigenvalue weighted by Crippen LogP contribution is -2.33. The van der Waals surface area contributed by atoms with Crippen LogP contribution in [0.3, 0.4) is 0 Å². The zero-order valence-electron chi connectivity index (χ0n) is 7.75. The van der Waals surface area contributed by atoms with Crippen molar-refractivity contribution in [3.05, 3.63) is 0 Å². The molecule has 0 bridgehead atoms. The Morgan fingerprint density at radius 3 is 1.47 bits per heavy atom. The molecular formula is C6H14N2O4S3. The van der Waals surface area contributed by atoms with Crippen LogP contribution in [0.2, 0.25) is 0 Å². The van der Waals surface area contributed by atoms with Crippen LogP contribution in [0.25, 0.3) is 0 Å². The second-order valence-electron chi connectivity index (χ2n) is 2.46. The lowest BCUT2D eigenvalue weighted by molar-refractivity contribution is -0.138. The lowest BCUT2D eigenvalue weighted by Gasteiger charge is -2.07. The summed E-state index contributed by atoms with van der Waals surface area (Å²) in [5.74, 6) is -1.68. The Hall–Kier alpha value is -0.0900. The Kier molecular flexibility index (Phi) is 10.6. The van der Waals surface area contributed by atoms with Gasteiger partial charge in [-0.3, -0.25) is 9.59 Å². The first-order valence-corrected chi connectivity index (χ1v) is 6.15. The minimum Gasteiger partial charge on any atom is -0.480 e. The predicted octanol–water partition coefficient (Wildman–Crippen LogP) is -0.696. The van der Waals surface area contributed by atoms with E-state index in [0.717, 1.165) is 0 Å². The minimum atomic E-state index is -1.07. The van der Waals surface area contributed by atoms with Crippen LogP contribution >= 0.6 is 35.1 Å². The maximum absolute atomic E-state index is 10.3. The van der Waals surface area contributed by atoms with E-state index in [-0.39, 0.29) is 25.0 Å². The van der Waals surface area contributed by atoms with Crippen molar-refractivity contribution in [2.45, 2.75) is 12.1 Å². The van der Waals surface area contributed by atoms with Gasteiger partial charge in [0.15, 0.2) is 0 Å². The molecule has 0 rings (SSSR count). The zero-order chi connectivity index (χ0) is 11.1. The molecule has 0 heterocycles. The van der Waals surface area contributed by atoms with Crippen molar-refractivity contribution < 1.29 is 19.8 Å². The predicted molar refractivity (Wildman–Crippen MR) is 66.5 cm³/mol. The molecule has 90 valence electrons. The number of carbonyl (C=O) groups is 2. The molecule has 2 atom stereocenters. The van der Waals surface area contributed by atoms with Crippen LogP contribution in [-0.4, -0.2) is 45.7 Å². The van der Waals surface area contributed by atoms with Crippen LogP contribution in [0.1, 0.15) is 0 Å². The molecule has 0 radical (unpaired) electrons. The maximum Gasteiger partial charge on any atom is 0.321 e. The van der Waals surface area contributed by atoms with Gasteiger partial charge in [-0.1, -0.05) is 21.6 Å². The van der Waals surface area contributed by atoms with Crippen molar-refractivity contribution in [2.75, 3.05) is 11.5 Å². The quantitative estimate of drug-likeness (QED) is 0.355. The van der Waals surface area contributed by atoms with Crippen LogP contribution in [-0.2, 0) is 9.59 Å². The molecule has 0 saturated heterocycles. The van der Waals surface area contributed by atoms with Gasteiger partial charge in [0.25, 0.3) is 0 Å². The van der Waals surface area contributed by atoms with Gasteiger partial charge in [0.1, 0.15) is 12.1 Å². The van der Waals surface area contributed by atoms with Crippen LogP contribution < -0.4 is 11.5 Å². The van der Waals surface area contributed by atoms with Gasteiger partial charge in [0.05, 0.1) is 0 Å². The summed E-state index contributed by atoms with van der Waals surface area (Å²) in [5, 5.41) is 16.8. The second kappa shape index (κ2) is 9.16. The van der Waals surface area contributed by atoms with E-state index >= 15 is 0 Å². The van der Waals surface area contributed by atoms with Gasteiger partial charge in [0.2, 0.25) is 0 Å². The van der Waals surface area contributed by atoms with Gasteiger partial charge >= 0.3 is 11.9 Å². The van der Waals surface area contributed by atoms with E-state index in [1.54, 1.807) is 0 Å². The number of carboxylic acid groups (broad SMARTS) is 2. The number of rotatable bonds is 7. The van der Waals surface area contributed by atoms with Gasteiger partial charge in [-0.15, -0.1) is 0 Å². The highest BCUT2D eigenvalue weighted by molar-refractivity contribution is 8.76. The lowest BCUT2D eigenvalue weighted by atomic mass is 10.4. The molecule has 0 aromatic carbocycles. The van der Waals surface area contributed by atoms with Crippen molar-refractivity contribution in [1.82, 2.24) is 0 Å². The van der Waals surface area contributed by atoms with E-state index < -0.39 is 24.0 Å². The van der Waals surface area contributed by atoms with Crippen molar-refractivity contribution in [2.24, 2.45) is 11.5 Å². The minimum absolute atomic E-state index is 0. The highest BCUT2D eigenvalue weighted by Gasteiger charge is 2.14. The maximum atomic E-state index is 10.3. The fourth-order valence-electron chi connectivity index (χ4n) is 0.385. The molecule has 9 heteroatoms. The van der Waals surface area contributed by atoms with Gasteiger partial charge in [-0.2, -0.15) is 13.5 Å². The Bertz CT molecular complexity index is 195. The number of nitrogens with two attached hydrogens (primary N) is 2. The molecule has 0 aliphatic heterocycles. The van der Waals surface area contributed by atoms with Crippen molar-refractivity contribution in [1.29, 1.82) is 0 Å². The Balaban J connectivity index is 0. The van der Waals surface area contributed by atoms with Crippen molar-refractivity contribution in [3.63, 3.8) is 0 Å². The summed E-state index contributed by atoms with van der Waals surface area (Å²) in [5.41, 5.74) is 10.4. The zero-order valence-corrected chi connectivity index (χ0v) is 10.4. The second-order valence-corrected chi connectivity index (χ2v) is 5.01. The molecule has 6 nitrogen and oxygen atoms in total. The molecule has 2 unspecified atom stereocenters. The SMILES string of the molecule is NC(CSSCC(N)C(=O)O)C(=O)O.S. The smallest absolute Gasteiger partial charge is 0.321 e. The molecule has 0 aliphatic carbocycles. The molecule has 6 N–H and O–H groups in total. The van der Waals surface area contributed by atoms with Crippen LogP contribution in [0.5, 0.6) is 0 Å². The fraction of sp³-hybridized carbons (Fsp3) is 0.667. The third-order valence-corrected chi connectivity index (χ3v) is 3.69. The summed E-state index contributed by atoms with van der Waals surface area (Å²) in [7, 11) is 2.41. The Morgan fingerprint density at radius 2 is 1.27 bits per heavy atom. The van der Waals surface area contributed by atoms with E-state index in [4.69, 9.17) is 21.7 Å². The molecular weight excluding hydrogens is 260 g/mol. The van der Waals surface area contributed by atoms with E-state index in [0.29, 0.717) is 0 Å². The molecule has 15 heavy (non-hydrogen) atoms. The largest absolute Gasteiger partial charge is 0.480 e. The van der Waals surface area contributed by atoms with E-state index in [1.165, 1.54) is 21.6 Å². The van der Waals surface area contributed by atoms with E-state index in [1.807, 2.05) is 0 Å². The third-order valence-electron chi connectivity index (χ3n) is 1.21. The van der Waals surface area contributed by atoms with Crippen molar-refractivity contribution in [3.8, 4) is 0 Å². The van der Waals surface area contributed by atoms with Crippen LogP contribution in [0, 0.1) is 0 Å². The summed E-state index contributed by atoms with van der Waals surface area (Å²) in [6, 6.07) is -1.85. The summed E-state index contributed by atoms with van der Waals surface area (Å²) < 4.78 is 0. The van der Waals surface area contributed by atoms with Gasteiger partial charge in [-0.05, 0) is 0 Å². The van der Waals surface area contributed by atoms with Crippen LogP contribution in [0.15, 0.2) is 0 Å². The number of hydrogen-bond donors (Lipinski definition) is 4. The Morgan fingerprint density at radius 1 is 1.00 bits per heavy atom. The third kappa shape index (κ3) is 8.88. The molecule has 0 saturated carbocycles. The first-order valence-electron chi connectivity index (χ1n) is 3.66. The van der Waals surface area contributed by atoms with E-state index in [9.17, 15) is 9.59 Å². The molecule has 0 amide bonds. The summed E-state index contributed by atoms with van der Waals surface area (Å²) in [6.45, 7) is 0. The normalized spacial score (nSPS) is 13.7. The molecule has 0 aliphatic rings.